The lowest BCUT2D eigenvalue weighted by Gasteiger charge is -2.17. The van der Waals surface area contributed by atoms with Crippen LogP contribution in [0.3, 0.4) is 0 Å². The Morgan fingerprint density at radius 1 is 1.04 bits per heavy atom. The maximum absolute atomic E-state index is 12.4. The third kappa shape index (κ3) is 3.30. The van der Waals surface area contributed by atoms with E-state index >= 15 is 0 Å². The van der Waals surface area contributed by atoms with E-state index in [1.54, 1.807) is 12.1 Å². The largest absolute Gasteiger partial charge is 0.484 e. The summed E-state index contributed by atoms with van der Waals surface area (Å²) in [5, 5.41) is 0.640. The minimum atomic E-state index is -3.84. The number of benzene rings is 3. The van der Waals surface area contributed by atoms with E-state index in [-0.39, 0.29) is 4.90 Å². The summed E-state index contributed by atoms with van der Waals surface area (Å²) in [5.41, 5.74) is 4.36. The van der Waals surface area contributed by atoms with Crippen molar-refractivity contribution in [2.24, 2.45) is 0 Å². The predicted molar refractivity (Wildman–Crippen MR) is 109 cm³/mol. The van der Waals surface area contributed by atoms with Gasteiger partial charge in [0, 0.05) is 28.1 Å². The first-order valence-corrected chi connectivity index (χ1v) is 10.6. The second kappa shape index (κ2) is 7.24. The lowest BCUT2D eigenvalue weighted by molar-refractivity contribution is 0.235. The van der Waals surface area contributed by atoms with Crippen molar-refractivity contribution in [3.63, 3.8) is 0 Å². The van der Waals surface area contributed by atoms with Crippen LogP contribution in [0.2, 0.25) is 5.02 Å². The summed E-state index contributed by atoms with van der Waals surface area (Å²) in [7, 11) is -2.68. The fourth-order valence-corrected chi connectivity index (χ4v) is 4.70. The van der Waals surface area contributed by atoms with Crippen molar-refractivity contribution in [3.05, 3.63) is 82.4 Å². The van der Waals surface area contributed by atoms with Gasteiger partial charge in [0.1, 0.15) is 16.7 Å². The summed E-state index contributed by atoms with van der Waals surface area (Å²) in [6, 6.07) is 18.7. The van der Waals surface area contributed by atoms with Crippen LogP contribution in [0, 0.1) is 6.92 Å². The van der Waals surface area contributed by atoms with Gasteiger partial charge < -0.3 is 4.74 Å². The molecule has 4 nitrogen and oxygen atoms in total. The van der Waals surface area contributed by atoms with Gasteiger partial charge in [0.2, 0.25) is 0 Å². The number of halogens is 1. The van der Waals surface area contributed by atoms with E-state index in [1.165, 1.54) is 7.11 Å². The molecule has 0 N–H and O–H groups in total. The Balaban J connectivity index is 1.80. The molecule has 1 heterocycles. The molecule has 1 unspecified atom stereocenters. The van der Waals surface area contributed by atoms with Crippen molar-refractivity contribution < 1.29 is 17.3 Å². The van der Waals surface area contributed by atoms with E-state index in [0.29, 0.717) is 17.0 Å². The molecular formula is C22H19ClO4S. The second-order valence-corrected chi connectivity index (χ2v) is 8.83. The summed E-state index contributed by atoms with van der Waals surface area (Å²) < 4.78 is 35.8. The molecule has 4 rings (SSSR count). The van der Waals surface area contributed by atoms with Crippen LogP contribution in [-0.4, -0.2) is 15.5 Å². The number of hydrogen-bond donors (Lipinski definition) is 0. The Bertz CT molecular complexity index is 1150. The first-order chi connectivity index (χ1) is 13.4. The van der Waals surface area contributed by atoms with Crippen molar-refractivity contribution in [2.45, 2.75) is 24.3 Å². The van der Waals surface area contributed by atoms with Crippen LogP contribution in [0.5, 0.6) is 5.75 Å². The van der Waals surface area contributed by atoms with E-state index in [9.17, 15) is 8.42 Å². The Morgan fingerprint density at radius 2 is 1.79 bits per heavy atom. The highest BCUT2D eigenvalue weighted by atomic mass is 35.5. The van der Waals surface area contributed by atoms with Crippen LogP contribution in [0.1, 0.15) is 22.8 Å². The van der Waals surface area contributed by atoms with Gasteiger partial charge in [0.05, 0.1) is 7.11 Å². The molecule has 1 aliphatic rings. The summed E-state index contributed by atoms with van der Waals surface area (Å²) in [6.07, 6.45) is 0.155. The highest BCUT2D eigenvalue weighted by molar-refractivity contribution is 7.86. The van der Waals surface area contributed by atoms with E-state index in [1.807, 2.05) is 55.5 Å². The maximum Gasteiger partial charge on any atom is 0.297 e. The number of aryl methyl sites for hydroxylation is 1. The van der Waals surface area contributed by atoms with Gasteiger partial charge in [-0.2, -0.15) is 8.42 Å². The molecule has 3 aromatic rings. The fraction of sp³-hybridized carbons (Fsp3) is 0.182. The highest BCUT2D eigenvalue weighted by Gasteiger charge is 2.32. The Kier molecular flexibility index (Phi) is 4.91. The van der Waals surface area contributed by atoms with E-state index < -0.39 is 16.2 Å². The van der Waals surface area contributed by atoms with E-state index in [0.717, 1.165) is 28.0 Å². The third-order valence-corrected chi connectivity index (χ3v) is 6.61. The van der Waals surface area contributed by atoms with E-state index in [2.05, 4.69) is 0 Å². The lowest BCUT2D eigenvalue weighted by Crippen LogP contribution is -2.12. The molecule has 0 saturated carbocycles. The Labute approximate surface area is 169 Å². The van der Waals surface area contributed by atoms with Gasteiger partial charge >= 0.3 is 0 Å². The summed E-state index contributed by atoms with van der Waals surface area (Å²) in [4.78, 5) is 0.137. The van der Waals surface area contributed by atoms with Crippen LogP contribution in [0.4, 0.5) is 0 Å². The average molecular weight is 415 g/mol. The van der Waals surface area contributed by atoms with Crippen LogP contribution in [-0.2, 0) is 20.7 Å². The van der Waals surface area contributed by atoms with Gasteiger partial charge in [0.15, 0.2) is 0 Å². The first-order valence-electron chi connectivity index (χ1n) is 8.85. The van der Waals surface area contributed by atoms with Crippen molar-refractivity contribution >= 4 is 21.7 Å². The van der Waals surface area contributed by atoms with Crippen molar-refractivity contribution in [1.29, 1.82) is 0 Å². The number of para-hydroxylation sites is 1. The van der Waals surface area contributed by atoms with Gasteiger partial charge in [-0.25, -0.2) is 0 Å². The maximum atomic E-state index is 12.4. The fourth-order valence-electron chi connectivity index (χ4n) is 3.57. The SMILES string of the molecule is COS(=O)(=O)c1ccc(C)cc1C1Cc2cccc(-c3ccccc3Cl)c2O1. The Morgan fingerprint density at radius 3 is 2.54 bits per heavy atom. The minimum absolute atomic E-state index is 0.137. The monoisotopic (exact) mass is 414 g/mol. The van der Waals surface area contributed by atoms with Gasteiger partial charge in [-0.3, -0.25) is 4.18 Å². The molecule has 0 bridgehead atoms. The summed E-state index contributed by atoms with van der Waals surface area (Å²) in [5.74, 6) is 0.739. The molecule has 1 atom stereocenters. The second-order valence-electron chi connectivity index (χ2n) is 6.75. The van der Waals surface area contributed by atoms with Gasteiger partial charge in [-0.15, -0.1) is 0 Å². The van der Waals surface area contributed by atoms with Gasteiger partial charge in [-0.1, -0.05) is 65.7 Å². The molecule has 28 heavy (non-hydrogen) atoms. The molecule has 0 saturated heterocycles. The van der Waals surface area contributed by atoms with Crippen LogP contribution in [0.25, 0.3) is 11.1 Å². The molecular weight excluding hydrogens is 396 g/mol. The molecule has 0 radical (unpaired) electrons. The van der Waals surface area contributed by atoms with E-state index in [4.69, 9.17) is 20.5 Å². The molecule has 0 aromatic heterocycles. The lowest BCUT2D eigenvalue weighted by atomic mass is 9.98. The summed E-state index contributed by atoms with van der Waals surface area (Å²) >= 11 is 6.39. The van der Waals surface area contributed by atoms with Gasteiger partial charge in [0.25, 0.3) is 10.1 Å². The zero-order valence-corrected chi connectivity index (χ0v) is 17.0. The number of ether oxygens (including phenoxy) is 1. The minimum Gasteiger partial charge on any atom is -0.484 e. The topological polar surface area (TPSA) is 52.6 Å². The quantitative estimate of drug-likeness (QED) is 0.541. The zero-order chi connectivity index (χ0) is 19.9. The van der Waals surface area contributed by atoms with Crippen molar-refractivity contribution in [1.82, 2.24) is 0 Å². The van der Waals surface area contributed by atoms with Crippen LogP contribution >= 0.6 is 11.6 Å². The Hall–Kier alpha value is -2.34. The predicted octanol–water partition coefficient (Wildman–Crippen LogP) is 5.33. The first kappa shape index (κ1) is 19.0. The van der Waals surface area contributed by atoms with Crippen molar-refractivity contribution in [3.8, 4) is 16.9 Å². The van der Waals surface area contributed by atoms with Crippen LogP contribution in [0.15, 0.2) is 65.6 Å². The number of fused-ring (bicyclic) bond motifs is 1. The smallest absolute Gasteiger partial charge is 0.297 e. The molecule has 144 valence electrons. The molecule has 0 amide bonds. The highest BCUT2D eigenvalue weighted by Crippen LogP contribution is 2.45. The standard InChI is InChI=1S/C22H19ClO4S/c1-14-10-11-21(28(24,25)26-2)18(12-14)20-13-15-6-5-8-17(22(15)27-20)16-7-3-4-9-19(16)23/h3-12,20H,13H2,1-2H3. The van der Waals surface area contributed by atoms with Crippen molar-refractivity contribution in [2.75, 3.05) is 7.11 Å². The molecule has 3 aromatic carbocycles. The number of hydrogen-bond acceptors (Lipinski definition) is 4. The molecule has 0 aliphatic carbocycles. The number of rotatable bonds is 4. The third-order valence-electron chi connectivity index (χ3n) is 4.93. The zero-order valence-electron chi connectivity index (χ0n) is 15.5. The van der Waals surface area contributed by atoms with Crippen LogP contribution < -0.4 is 4.74 Å². The molecule has 0 spiro atoms. The average Bonchev–Trinajstić information content (AvgIpc) is 3.12. The summed E-state index contributed by atoms with van der Waals surface area (Å²) in [6.45, 7) is 1.92. The van der Waals surface area contributed by atoms with Gasteiger partial charge in [-0.05, 0) is 24.6 Å². The molecule has 0 fully saturated rings. The molecule has 6 heteroatoms. The molecule has 1 aliphatic heterocycles. The normalized spacial score (nSPS) is 15.9.